The minimum absolute atomic E-state index is 0.109. The van der Waals surface area contributed by atoms with E-state index in [2.05, 4.69) is 5.10 Å². The van der Waals surface area contributed by atoms with Gasteiger partial charge in [0.15, 0.2) is 0 Å². The number of nitro groups is 1. The second-order valence-corrected chi connectivity index (χ2v) is 7.80. The van der Waals surface area contributed by atoms with Crippen molar-refractivity contribution in [3.05, 3.63) is 85.0 Å². The van der Waals surface area contributed by atoms with Gasteiger partial charge in [0, 0.05) is 17.7 Å². The van der Waals surface area contributed by atoms with E-state index < -0.39 is 4.92 Å². The van der Waals surface area contributed by atoms with Gasteiger partial charge in [-0.3, -0.25) is 14.9 Å². The number of anilines is 1. The standard InChI is InChI=1S/C21H12Cl3N3O4/c1-11-15(21(28)26(25-11)12-2-6-18(23)19(24)9-12)10-14-4-7-20(31-14)16-8-13(27(29)30)3-5-17(16)22/h2-10H,1H3. The number of furan rings is 1. The van der Waals surface area contributed by atoms with Crippen LogP contribution in [0, 0.1) is 10.1 Å². The van der Waals surface area contributed by atoms with E-state index in [0.717, 1.165) is 0 Å². The molecular weight excluding hydrogens is 465 g/mol. The normalized spacial score (nSPS) is 15.0. The van der Waals surface area contributed by atoms with Gasteiger partial charge in [0.05, 0.1) is 37.0 Å². The Morgan fingerprint density at radius 3 is 2.48 bits per heavy atom. The molecule has 0 radical (unpaired) electrons. The van der Waals surface area contributed by atoms with Crippen LogP contribution < -0.4 is 5.01 Å². The van der Waals surface area contributed by atoms with Crippen LogP contribution in [0.3, 0.4) is 0 Å². The first-order valence-electron chi connectivity index (χ1n) is 8.85. The SMILES string of the molecule is CC1=NN(c2ccc(Cl)c(Cl)c2)C(=O)C1=Cc1ccc(-c2cc([N+](=O)[O-])ccc2Cl)o1. The molecule has 156 valence electrons. The summed E-state index contributed by atoms with van der Waals surface area (Å²) in [7, 11) is 0. The number of rotatable bonds is 4. The quantitative estimate of drug-likeness (QED) is 0.240. The van der Waals surface area contributed by atoms with Crippen molar-refractivity contribution < 1.29 is 14.1 Å². The summed E-state index contributed by atoms with van der Waals surface area (Å²) in [4.78, 5) is 23.4. The zero-order valence-electron chi connectivity index (χ0n) is 15.8. The van der Waals surface area contributed by atoms with Gasteiger partial charge in [0.25, 0.3) is 11.6 Å². The molecule has 2 heterocycles. The third-order valence-electron chi connectivity index (χ3n) is 4.55. The molecule has 31 heavy (non-hydrogen) atoms. The summed E-state index contributed by atoms with van der Waals surface area (Å²) in [5.41, 5.74) is 1.56. The Labute approximate surface area is 191 Å². The zero-order chi connectivity index (χ0) is 22.3. The summed E-state index contributed by atoms with van der Waals surface area (Å²) < 4.78 is 5.77. The highest BCUT2D eigenvalue weighted by molar-refractivity contribution is 6.42. The maximum atomic E-state index is 12.9. The average molecular weight is 477 g/mol. The molecule has 1 aliphatic rings. The largest absolute Gasteiger partial charge is 0.457 e. The fourth-order valence-corrected chi connectivity index (χ4v) is 3.51. The molecule has 0 aliphatic carbocycles. The number of hydrogen-bond acceptors (Lipinski definition) is 5. The van der Waals surface area contributed by atoms with Crippen molar-refractivity contribution in [2.75, 3.05) is 5.01 Å². The van der Waals surface area contributed by atoms with E-state index in [4.69, 9.17) is 39.2 Å². The summed E-state index contributed by atoms with van der Waals surface area (Å²) in [5, 5.41) is 17.5. The van der Waals surface area contributed by atoms with Gasteiger partial charge in [-0.2, -0.15) is 10.1 Å². The van der Waals surface area contributed by atoms with Crippen molar-refractivity contribution in [1.82, 2.24) is 0 Å². The molecule has 0 atom stereocenters. The molecule has 1 amide bonds. The molecule has 0 unspecified atom stereocenters. The van der Waals surface area contributed by atoms with Crippen molar-refractivity contribution >= 4 is 63.9 Å². The molecular formula is C21H12Cl3N3O4. The van der Waals surface area contributed by atoms with Gasteiger partial charge in [-0.1, -0.05) is 34.8 Å². The van der Waals surface area contributed by atoms with Crippen LogP contribution in [-0.2, 0) is 4.79 Å². The molecule has 0 fully saturated rings. The van der Waals surface area contributed by atoms with Gasteiger partial charge in [-0.05, 0) is 49.4 Å². The summed E-state index contributed by atoms with van der Waals surface area (Å²) >= 11 is 18.2. The molecule has 0 bridgehead atoms. The number of hydrogen-bond donors (Lipinski definition) is 0. The predicted molar refractivity (Wildman–Crippen MR) is 121 cm³/mol. The Morgan fingerprint density at radius 2 is 1.77 bits per heavy atom. The Kier molecular flexibility index (Phi) is 5.58. The number of carbonyl (C=O) groups excluding carboxylic acids is 1. The Hall–Kier alpha value is -3.13. The van der Waals surface area contributed by atoms with Crippen molar-refractivity contribution in [3.8, 4) is 11.3 Å². The van der Waals surface area contributed by atoms with Gasteiger partial charge in [0.2, 0.25) is 0 Å². The maximum Gasteiger partial charge on any atom is 0.280 e. The lowest BCUT2D eigenvalue weighted by molar-refractivity contribution is -0.384. The topological polar surface area (TPSA) is 89.0 Å². The highest BCUT2D eigenvalue weighted by atomic mass is 35.5. The Bertz CT molecular complexity index is 1300. The Balaban J connectivity index is 1.65. The van der Waals surface area contributed by atoms with Crippen molar-refractivity contribution in [1.29, 1.82) is 0 Å². The van der Waals surface area contributed by atoms with Crippen molar-refractivity contribution in [3.63, 3.8) is 0 Å². The minimum atomic E-state index is -0.514. The molecule has 2 aromatic carbocycles. The highest BCUT2D eigenvalue weighted by Gasteiger charge is 2.29. The van der Waals surface area contributed by atoms with E-state index in [9.17, 15) is 14.9 Å². The van der Waals surface area contributed by atoms with Gasteiger partial charge in [-0.15, -0.1) is 0 Å². The molecule has 4 rings (SSSR count). The van der Waals surface area contributed by atoms with Crippen LogP contribution in [0.4, 0.5) is 11.4 Å². The number of halogens is 3. The van der Waals surface area contributed by atoms with Gasteiger partial charge in [-0.25, -0.2) is 0 Å². The van der Waals surface area contributed by atoms with E-state index in [-0.39, 0.29) is 11.6 Å². The maximum absolute atomic E-state index is 12.9. The molecule has 0 N–H and O–H groups in total. The van der Waals surface area contributed by atoms with E-state index in [1.54, 1.807) is 43.3 Å². The third kappa shape index (κ3) is 4.07. The van der Waals surface area contributed by atoms with Gasteiger partial charge in [0.1, 0.15) is 11.5 Å². The summed E-state index contributed by atoms with van der Waals surface area (Å²) in [6, 6.07) is 12.1. The molecule has 7 nitrogen and oxygen atoms in total. The van der Waals surface area contributed by atoms with Crippen molar-refractivity contribution in [2.45, 2.75) is 6.92 Å². The molecule has 0 spiro atoms. The number of non-ortho nitro benzene ring substituents is 1. The van der Waals surface area contributed by atoms with Crippen LogP contribution >= 0.6 is 34.8 Å². The summed E-state index contributed by atoms with van der Waals surface area (Å²) in [5.74, 6) is 0.343. The number of nitro benzene ring substituents is 1. The van der Waals surface area contributed by atoms with Crippen LogP contribution in [0.5, 0.6) is 0 Å². The van der Waals surface area contributed by atoms with Crippen LogP contribution in [-0.4, -0.2) is 16.5 Å². The van der Waals surface area contributed by atoms with Crippen LogP contribution in [0.25, 0.3) is 17.4 Å². The van der Waals surface area contributed by atoms with Crippen LogP contribution in [0.15, 0.2) is 63.6 Å². The molecule has 3 aromatic rings. The molecule has 0 saturated carbocycles. The number of carbonyl (C=O) groups is 1. The van der Waals surface area contributed by atoms with Crippen molar-refractivity contribution in [2.24, 2.45) is 5.10 Å². The lowest BCUT2D eigenvalue weighted by atomic mass is 10.1. The molecule has 0 saturated heterocycles. The third-order valence-corrected chi connectivity index (χ3v) is 5.62. The molecule has 1 aliphatic heterocycles. The fraction of sp³-hybridized carbons (Fsp3) is 0.0476. The second-order valence-electron chi connectivity index (χ2n) is 6.58. The summed E-state index contributed by atoms with van der Waals surface area (Å²) in [6.45, 7) is 1.70. The summed E-state index contributed by atoms with van der Waals surface area (Å²) in [6.07, 6.45) is 1.55. The minimum Gasteiger partial charge on any atom is -0.457 e. The lowest BCUT2D eigenvalue weighted by Gasteiger charge is -2.12. The number of benzene rings is 2. The van der Waals surface area contributed by atoms with Gasteiger partial charge >= 0.3 is 0 Å². The van der Waals surface area contributed by atoms with Crippen LogP contribution in [0.2, 0.25) is 15.1 Å². The first-order chi connectivity index (χ1) is 14.7. The fourth-order valence-electron chi connectivity index (χ4n) is 3.01. The van der Waals surface area contributed by atoms with E-state index in [0.29, 0.717) is 49.1 Å². The van der Waals surface area contributed by atoms with E-state index in [1.807, 2.05) is 0 Å². The number of hydrazone groups is 1. The first-order valence-corrected chi connectivity index (χ1v) is 9.99. The second kappa shape index (κ2) is 8.19. The predicted octanol–water partition coefficient (Wildman–Crippen LogP) is 6.62. The lowest BCUT2D eigenvalue weighted by Crippen LogP contribution is -2.21. The van der Waals surface area contributed by atoms with E-state index in [1.165, 1.54) is 23.2 Å². The monoisotopic (exact) mass is 475 g/mol. The highest BCUT2D eigenvalue weighted by Crippen LogP contribution is 2.34. The smallest absolute Gasteiger partial charge is 0.280 e. The van der Waals surface area contributed by atoms with Gasteiger partial charge < -0.3 is 4.42 Å². The first kappa shape index (κ1) is 21.1. The molecule has 10 heteroatoms. The van der Waals surface area contributed by atoms with Crippen LogP contribution in [0.1, 0.15) is 12.7 Å². The molecule has 1 aromatic heterocycles. The van der Waals surface area contributed by atoms with E-state index >= 15 is 0 Å². The number of nitrogens with zero attached hydrogens (tertiary/aromatic N) is 3. The number of amides is 1. The Morgan fingerprint density at radius 1 is 1.03 bits per heavy atom. The zero-order valence-corrected chi connectivity index (χ0v) is 18.1. The average Bonchev–Trinajstić information content (AvgIpc) is 3.30.